The van der Waals surface area contributed by atoms with Gasteiger partial charge in [0, 0.05) is 13.1 Å². The molecule has 166 valence electrons. The molecule has 0 unspecified atom stereocenters. The summed E-state index contributed by atoms with van der Waals surface area (Å²) in [5, 5.41) is 15.0. The van der Waals surface area contributed by atoms with E-state index in [1.54, 1.807) is 13.2 Å². The average molecular weight is 432 g/mol. The highest BCUT2D eigenvalue weighted by Crippen LogP contribution is 2.32. The van der Waals surface area contributed by atoms with Crippen molar-refractivity contribution in [3.8, 4) is 17.3 Å². The molecule has 1 N–H and O–H groups in total. The van der Waals surface area contributed by atoms with Crippen LogP contribution in [0.1, 0.15) is 30.9 Å². The summed E-state index contributed by atoms with van der Waals surface area (Å²) in [5.41, 5.74) is 2.91. The van der Waals surface area contributed by atoms with E-state index in [-0.39, 0.29) is 0 Å². The van der Waals surface area contributed by atoms with E-state index in [2.05, 4.69) is 11.8 Å². The van der Waals surface area contributed by atoms with Crippen LogP contribution >= 0.6 is 0 Å². The van der Waals surface area contributed by atoms with Crippen LogP contribution in [0.4, 0.5) is 0 Å². The van der Waals surface area contributed by atoms with E-state index >= 15 is 0 Å². The van der Waals surface area contributed by atoms with Crippen molar-refractivity contribution in [3.63, 3.8) is 0 Å². The normalized spacial score (nSPS) is 12.2. The summed E-state index contributed by atoms with van der Waals surface area (Å²) in [4.78, 5) is 2.16. The van der Waals surface area contributed by atoms with Crippen LogP contribution in [0.3, 0.4) is 0 Å². The topological polar surface area (TPSA) is 63.7 Å². The number of aliphatic hydroxyl groups excluding tert-OH is 1. The number of furan rings is 1. The third-order valence-corrected chi connectivity index (χ3v) is 5.18. The van der Waals surface area contributed by atoms with Gasteiger partial charge in [-0.2, -0.15) is 5.10 Å². The smallest absolute Gasteiger partial charge is 0.227 e. The van der Waals surface area contributed by atoms with E-state index < -0.39 is 6.10 Å². The molecule has 6 heteroatoms. The molecule has 6 nitrogen and oxygen atoms in total. The number of aryl methyl sites for hydroxylation is 1. The zero-order chi connectivity index (χ0) is 22.3. The molecule has 1 atom stereocenters. The van der Waals surface area contributed by atoms with E-state index in [1.165, 1.54) is 0 Å². The number of benzene rings is 2. The van der Waals surface area contributed by atoms with Crippen LogP contribution in [0.5, 0.6) is 11.6 Å². The Morgan fingerprint density at radius 2 is 1.72 bits per heavy atom. The third kappa shape index (κ3) is 5.28. The zero-order valence-electron chi connectivity index (χ0n) is 18.5. The molecule has 2 aromatic heterocycles. The Labute approximate surface area is 188 Å². The first-order valence-electron chi connectivity index (χ1n) is 11.0. The van der Waals surface area contributed by atoms with Crippen LogP contribution in [0, 0.1) is 0 Å². The van der Waals surface area contributed by atoms with Crippen molar-refractivity contribution in [3.05, 3.63) is 96.1 Å². The van der Waals surface area contributed by atoms with Gasteiger partial charge in [0.2, 0.25) is 5.88 Å². The molecular formula is C26H29N3O3. The maximum atomic E-state index is 10.1. The lowest BCUT2D eigenvalue weighted by molar-refractivity contribution is 0.112. The number of rotatable bonds is 10. The molecule has 0 aliphatic carbocycles. The van der Waals surface area contributed by atoms with Crippen LogP contribution in [0.25, 0.3) is 5.69 Å². The molecule has 0 spiro atoms. The van der Waals surface area contributed by atoms with Gasteiger partial charge < -0.3 is 14.3 Å². The minimum absolute atomic E-state index is 0.474. The maximum Gasteiger partial charge on any atom is 0.227 e. The third-order valence-electron chi connectivity index (χ3n) is 5.18. The number of nitrogens with zero attached hydrogens (tertiary/aromatic N) is 3. The summed E-state index contributed by atoms with van der Waals surface area (Å²) >= 11 is 0. The van der Waals surface area contributed by atoms with Crippen molar-refractivity contribution in [1.82, 2.24) is 14.7 Å². The summed E-state index contributed by atoms with van der Waals surface area (Å²) in [5.74, 6) is 2.29. The Hall–Kier alpha value is -3.35. The predicted molar refractivity (Wildman–Crippen MR) is 124 cm³/mol. The van der Waals surface area contributed by atoms with Gasteiger partial charge in [0.1, 0.15) is 11.5 Å². The molecule has 2 heterocycles. The van der Waals surface area contributed by atoms with Crippen LogP contribution < -0.4 is 4.74 Å². The molecular weight excluding hydrogens is 402 g/mol. The van der Waals surface area contributed by atoms with Gasteiger partial charge in [-0.3, -0.25) is 4.90 Å². The first kappa shape index (κ1) is 21.9. The van der Waals surface area contributed by atoms with Gasteiger partial charge >= 0.3 is 0 Å². The summed E-state index contributed by atoms with van der Waals surface area (Å²) in [6.07, 6.45) is 1.96. The van der Waals surface area contributed by atoms with E-state index in [1.807, 2.05) is 77.5 Å². The molecule has 0 radical (unpaired) electrons. The van der Waals surface area contributed by atoms with Crippen LogP contribution in [0.15, 0.2) is 83.5 Å². The summed E-state index contributed by atoms with van der Waals surface area (Å²) in [6.45, 7) is 5.56. The van der Waals surface area contributed by atoms with Crippen molar-refractivity contribution >= 4 is 0 Å². The Morgan fingerprint density at radius 3 is 2.34 bits per heavy atom. The van der Waals surface area contributed by atoms with E-state index in [4.69, 9.17) is 14.3 Å². The average Bonchev–Trinajstić information content (AvgIpc) is 3.43. The number of hydrogen-bond acceptors (Lipinski definition) is 5. The monoisotopic (exact) mass is 431 g/mol. The molecule has 0 fully saturated rings. The summed E-state index contributed by atoms with van der Waals surface area (Å²) < 4.78 is 13.8. The highest BCUT2D eigenvalue weighted by atomic mass is 16.5. The first-order chi connectivity index (χ1) is 15.6. The van der Waals surface area contributed by atoms with Crippen molar-refractivity contribution in [2.75, 3.05) is 6.54 Å². The standard InChI is InChI=1S/C26H29N3O3/c1-3-25-24(19-28(17-20(2)30)18-23-15-10-16-31-23)26(32-22-13-8-5-9-14-22)29(27-25)21-11-6-4-7-12-21/h4-16,20,30H,3,17-19H2,1-2H3/t20-/m0/s1. The van der Waals surface area contributed by atoms with Gasteiger partial charge in [-0.15, -0.1) is 0 Å². The maximum absolute atomic E-state index is 10.1. The fourth-order valence-corrected chi connectivity index (χ4v) is 3.78. The molecule has 32 heavy (non-hydrogen) atoms. The van der Waals surface area contributed by atoms with Gasteiger partial charge in [-0.25, -0.2) is 4.68 Å². The number of aromatic nitrogens is 2. The number of aliphatic hydroxyl groups is 1. The Kier molecular flexibility index (Phi) is 7.04. The molecule has 0 amide bonds. The molecule has 4 aromatic rings. The number of ether oxygens (including phenoxy) is 1. The van der Waals surface area contributed by atoms with Crippen LogP contribution in [0.2, 0.25) is 0 Å². The van der Waals surface area contributed by atoms with Gasteiger partial charge in [0.25, 0.3) is 0 Å². The SMILES string of the molecule is CCc1nn(-c2ccccc2)c(Oc2ccccc2)c1CN(Cc1ccco1)C[C@H](C)O. The minimum Gasteiger partial charge on any atom is -0.468 e. The second-order valence-corrected chi connectivity index (χ2v) is 7.84. The fourth-order valence-electron chi connectivity index (χ4n) is 3.78. The molecule has 0 aliphatic rings. The van der Waals surface area contributed by atoms with Crippen LogP contribution in [-0.4, -0.2) is 32.4 Å². The Bertz CT molecular complexity index is 1090. The molecule has 0 bridgehead atoms. The van der Waals surface area contributed by atoms with Gasteiger partial charge in [0.15, 0.2) is 0 Å². The van der Waals surface area contributed by atoms with E-state index in [9.17, 15) is 5.11 Å². The lowest BCUT2D eigenvalue weighted by Crippen LogP contribution is -2.30. The highest BCUT2D eigenvalue weighted by Gasteiger charge is 2.23. The second kappa shape index (κ2) is 10.3. The van der Waals surface area contributed by atoms with E-state index in [0.29, 0.717) is 25.5 Å². The second-order valence-electron chi connectivity index (χ2n) is 7.84. The molecule has 4 rings (SSSR count). The van der Waals surface area contributed by atoms with Crippen molar-refractivity contribution in [1.29, 1.82) is 0 Å². The Morgan fingerprint density at radius 1 is 1.00 bits per heavy atom. The largest absolute Gasteiger partial charge is 0.468 e. The van der Waals surface area contributed by atoms with Gasteiger partial charge in [-0.1, -0.05) is 43.3 Å². The first-order valence-corrected chi connectivity index (χ1v) is 11.0. The van der Waals surface area contributed by atoms with Gasteiger partial charge in [-0.05, 0) is 49.7 Å². The molecule has 0 saturated carbocycles. The van der Waals surface area contributed by atoms with Gasteiger partial charge in [0.05, 0.1) is 35.9 Å². The Balaban J connectivity index is 1.75. The fraction of sp³-hybridized carbons (Fsp3) is 0.269. The highest BCUT2D eigenvalue weighted by molar-refractivity contribution is 5.43. The van der Waals surface area contributed by atoms with Crippen molar-refractivity contribution in [2.24, 2.45) is 0 Å². The minimum atomic E-state index is -0.474. The van der Waals surface area contributed by atoms with Crippen molar-refractivity contribution in [2.45, 2.75) is 39.5 Å². The van der Waals surface area contributed by atoms with Crippen LogP contribution in [-0.2, 0) is 19.5 Å². The molecule has 0 saturated heterocycles. The number of para-hydroxylation sites is 2. The lowest BCUT2D eigenvalue weighted by atomic mass is 10.1. The van der Waals surface area contributed by atoms with E-state index in [0.717, 1.165) is 34.9 Å². The van der Waals surface area contributed by atoms with Crippen molar-refractivity contribution < 1.29 is 14.3 Å². The molecule has 2 aromatic carbocycles. The predicted octanol–water partition coefficient (Wildman–Crippen LogP) is 5.20. The zero-order valence-corrected chi connectivity index (χ0v) is 18.5. The quantitative estimate of drug-likeness (QED) is 0.374. The molecule has 0 aliphatic heterocycles. The lowest BCUT2D eigenvalue weighted by Gasteiger charge is -2.23. The summed E-state index contributed by atoms with van der Waals surface area (Å²) in [7, 11) is 0. The summed E-state index contributed by atoms with van der Waals surface area (Å²) in [6, 6.07) is 23.6. The number of hydrogen-bond donors (Lipinski definition) is 1.